The van der Waals surface area contributed by atoms with Crippen molar-refractivity contribution in [3.05, 3.63) is 71.2 Å². The van der Waals surface area contributed by atoms with Crippen LogP contribution >= 0.6 is 0 Å². The van der Waals surface area contributed by atoms with Crippen molar-refractivity contribution in [1.29, 1.82) is 0 Å². The van der Waals surface area contributed by atoms with E-state index in [-0.39, 0.29) is 29.2 Å². The highest BCUT2D eigenvalue weighted by atomic mass is 19.2. The summed E-state index contributed by atoms with van der Waals surface area (Å²) >= 11 is 0. The number of halogens is 3. The van der Waals surface area contributed by atoms with E-state index in [1.807, 2.05) is 29.3 Å². The number of aromatic amines is 1. The lowest BCUT2D eigenvalue weighted by molar-refractivity contribution is -0.147. The Morgan fingerprint density at radius 2 is 1.67 bits per heavy atom. The molecule has 2 fully saturated rings. The molecule has 1 atom stereocenters. The van der Waals surface area contributed by atoms with Crippen LogP contribution < -0.4 is 5.32 Å². The van der Waals surface area contributed by atoms with Gasteiger partial charge in [-0.15, -0.1) is 0 Å². The van der Waals surface area contributed by atoms with Crippen LogP contribution in [-0.4, -0.2) is 69.9 Å². The number of nitrogens with one attached hydrogen (secondary N) is 2. The maximum Gasteiger partial charge on any atom is 0.321 e. The van der Waals surface area contributed by atoms with Crippen molar-refractivity contribution in [2.75, 3.05) is 31.5 Å². The molecule has 0 radical (unpaired) electrons. The van der Waals surface area contributed by atoms with Crippen molar-refractivity contribution in [1.82, 2.24) is 14.8 Å². The predicted molar refractivity (Wildman–Crippen MR) is 152 cm³/mol. The van der Waals surface area contributed by atoms with Crippen LogP contribution in [0.5, 0.6) is 0 Å². The van der Waals surface area contributed by atoms with Gasteiger partial charge in [-0.1, -0.05) is 0 Å². The van der Waals surface area contributed by atoms with Crippen LogP contribution in [0.4, 0.5) is 18.9 Å². The Balaban J connectivity index is 1.18. The maximum atomic E-state index is 13.5. The SMILES string of the molecule is CC(=O)Nc1ccc2[nH]cc(C3CCN(C(C(=O)O)C4CCN(C(=O)C=Cc5cc(F)c(F)c(F)c5)CC4)CC3)c2c1. The summed E-state index contributed by atoms with van der Waals surface area (Å²) in [5.74, 6) is -5.45. The lowest BCUT2D eigenvalue weighted by Crippen LogP contribution is -2.52. The van der Waals surface area contributed by atoms with Crippen molar-refractivity contribution >= 4 is 40.4 Å². The molecule has 3 N–H and O–H groups in total. The molecule has 0 spiro atoms. The van der Waals surface area contributed by atoms with E-state index in [4.69, 9.17) is 0 Å². The number of carbonyl (C=O) groups excluding carboxylic acids is 2. The molecular weight excluding hydrogens is 549 g/mol. The summed E-state index contributed by atoms with van der Waals surface area (Å²) in [6.45, 7) is 3.47. The summed E-state index contributed by atoms with van der Waals surface area (Å²) in [6, 6.07) is 6.74. The quantitative estimate of drug-likeness (QED) is 0.265. The smallest absolute Gasteiger partial charge is 0.321 e. The average molecular weight is 583 g/mol. The number of likely N-dealkylation sites (tertiary alicyclic amines) is 2. The summed E-state index contributed by atoms with van der Waals surface area (Å²) in [4.78, 5) is 43.5. The number of hydrogen-bond acceptors (Lipinski definition) is 4. The second kappa shape index (κ2) is 12.4. The van der Waals surface area contributed by atoms with E-state index < -0.39 is 29.5 Å². The molecule has 2 aliphatic heterocycles. The van der Waals surface area contributed by atoms with Gasteiger partial charge in [0.15, 0.2) is 17.5 Å². The third-order valence-corrected chi connectivity index (χ3v) is 8.37. The number of H-pyrrole nitrogens is 1. The number of anilines is 1. The van der Waals surface area contributed by atoms with E-state index in [0.717, 1.165) is 47.1 Å². The lowest BCUT2D eigenvalue weighted by Gasteiger charge is -2.41. The Labute approximate surface area is 241 Å². The molecule has 2 amide bonds. The molecule has 2 aliphatic rings. The minimum Gasteiger partial charge on any atom is -0.480 e. The monoisotopic (exact) mass is 582 g/mol. The van der Waals surface area contributed by atoms with Gasteiger partial charge in [-0.25, -0.2) is 13.2 Å². The van der Waals surface area contributed by atoms with Crippen LogP contribution in [0.25, 0.3) is 17.0 Å². The van der Waals surface area contributed by atoms with Gasteiger partial charge < -0.3 is 20.3 Å². The van der Waals surface area contributed by atoms with Crippen LogP contribution in [-0.2, 0) is 14.4 Å². The molecule has 222 valence electrons. The van der Waals surface area contributed by atoms with Gasteiger partial charge in [0.1, 0.15) is 6.04 Å². The highest BCUT2D eigenvalue weighted by Gasteiger charge is 2.38. The van der Waals surface area contributed by atoms with Gasteiger partial charge in [0, 0.05) is 48.9 Å². The molecule has 0 bridgehead atoms. The molecule has 5 rings (SSSR count). The van der Waals surface area contributed by atoms with Crippen LogP contribution in [0.2, 0.25) is 0 Å². The number of hydrogen-bond donors (Lipinski definition) is 3. The first-order chi connectivity index (χ1) is 20.1. The van der Waals surface area contributed by atoms with E-state index >= 15 is 0 Å². The number of fused-ring (bicyclic) bond motifs is 1. The van der Waals surface area contributed by atoms with Gasteiger partial charge >= 0.3 is 5.97 Å². The highest BCUT2D eigenvalue weighted by molar-refractivity contribution is 5.94. The van der Waals surface area contributed by atoms with E-state index in [1.165, 1.54) is 19.1 Å². The van der Waals surface area contributed by atoms with Gasteiger partial charge in [-0.3, -0.25) is 19.3 Å². The Bertz CT molecular complexity index is 1500. The van der Waals surface area contributed by atoms with Crippen LogP contribution in [0.3, 0.4) is 0 Å². The van der Waals surface area contributed by atoms with Crippen molar-refractivity contribution in [2.24, 2.45) is 5.92 Å². The van der Waals surface area contributed by atoms with E-state index in [1.54, 1.807) is 4.90 Å². The van der Waals surface area contributed by atoms with Crippen LogP contribution in [0, 0.1) is 23.4 Å². The molecule has 0 saturated carbocycles. The predicted octanol–water partition coefficient (Wildman–Crippen LogP) is 5.13. The number of benzene rings is 2. The number of carboxylic acids is 1. The average Bonchev–Trinajstić information content (AvgIpc) is 3.38. The largest absolute Gasteiger partial charge is 0.480 e. The molecule has 3 heterocycles. The number of piperidine rings is 2. The number of carboxylic acid groups (broad SMARTS) is 1. The first kappa shape index (κ1) is 29.4. The van der Waals surface area contributed by atoms with Crippen molar-refractivity contribution < 1.29 is 32.7 Å². The van der Waals surface area contributed by atoms with Gasteiger partial charge in [0.05, 0.1) is 0 Å². The van der Waals surface area contributed by atoms with Crippen molar-refractivity contribution in [2.45, 2.75) is 44.6 Å². The van der Waals surface area contributed by atoms with Gasteiger partial charge in [-0.05, 0) is 98.1 Å². The number of rotatable bonds is 7. The summed E-state index contributed by atoms with van der Waals surface area (Å²) in [7, 11) is 0. The number of aromatic nitrogens is 1. The zero-order valence-corrected chi connectivity index (χ0v) is 23.2. The first-order valence-corrected chi connectivity index (χ1v) is 14.1. The fourth-order valence-corrected chi connectivity index (χ4v) is 6.29. The Hall–Kier alpha value is -4.12. The highest BCUT2D eigenvalue weighted by Crippen LogP contribution is 2.36. The summed E-state index contributed by atoms with van der Waals surface area (Å²) in [5, 5.41) is 14.0. The number of nitrogens with zero attached hydrogens (tertiary/aromatic N) is 2. The summed E-state index contributed by atoms with van der Waals surface area (Å²) < 4.78 is 40.1. The molecule has 42 heavy (non-hydrogen) atoms. The Kier molecular flexibility index (Phi) is 8.67. The van der Waals surface area contributed by atoms with Gasteiger partial charge in [0.2, 0.25) is 11.8 Å². The molecule has 0 aliphatic carbocycles. The van der Waals surface area contributed by atoms with E-state index in [0.29, 0.717) is 39.0 Å². The van der Waals surface area contributed by atoms with E-state index in [2.05, 4.69) is 10.3 Å². The number of aliphatic carboxylic acids is 1. The molecule has 11 heteroatoms. The van der Waals surface area contributed by atoms with Crippen LogP contribution in [0.1, 0.15) is 49.7 Å². The Morgan fingerprint density at radius 1 is 1.00 bits per heavy atom. The third-order valence-electron chi connectivity index (χ3n) is 8.37. The minimum atomic E-state index is -1.56. The van der Waals surface area contributed by atoms with Crippen molar-refractivity contribution in [3.63, 3.8) is 0 Å². The zero-order valence-electron chi connectivity index (χ0n) is 23.2. The molecular formula is C31H33F3N4O4. The fraction of sp³-hybridized carbons (Fsp3) is 0.387. The molecule has 1 unspecified atom stereocenters. The second-order valence-electron chi connectivity index (χ2n) is 11.1. The fourth-order valence-electron chi connectivity index (χ4n) is 6.29. The standard InChI is InChI=1S/C31H33F3N4O4/c1-18(39)36-22-3-4-27-23(16-22)24(17-35-27)20-6-12-38(13-7-20)30(31(41)42)21-8-10-37(11-9-21)28(40)5-2-19-14-25(32)29(34)26(33)15-19/h2-5,14-17,20-21,30,35H,6-13H2,1H3,(H,36,39)(H,41,42). The maximum absolute atomic E-state index is 13.5. The van der Waals surface area contributed by atoms with E-state index in [9.17, 15) is 32.7 Å². The second-order valence-corrected chi connectivity index (χ2v) is 11.1. The molecule has 2 saturated heterocycles. The number of amides is 2. The number of carbonyl (C=O) groups is 3. The zero-order chi connectivity index (χ0) is 30.0. The Morgan fingerprint density at radius 3 is 2.29 bits per heavy atom. The summed E-state index contributed by atoms with van der Waals surface area (Å²) in [5.41, 5.74) is 2.91. The minimum absolute atomic E-state index is 0.0322. The molecule has 3 aromatic rings. The van der Waals surface area contributed by atoms with Crippen LogP contribution in [0.15, 0.2) is 42.6 Å². The molecule has 8 nitrogen and oxygen atoms in total. The van der Waals surface area contributed by atoms with Gasteiger partial charge in [0.25, 0.3) is 0 Å². The lowest BCUT2D eigenvalue weighted by atomic mass is 9.84. The molecule has 1 aromatic heterocycles. The topological polar surface area (TPSA) is 106 Å². The molecule has 2 aromatic carbocycles. The van der Waals surface area contributed by atoms with Crippen molar-refractivity contribution in [3.8, 4) is 0 Å². The third kappa shape index (κ3) is 6.35. The summed E-state index contributed by atoms with van der Waals surface area (Å²) in [6.07, 6.45) is 7.06. The normalized spacial score (nSPS) is 18.0. The first-order valence-electron chi connectivity index (χ1n) is 14.1. The van der Waals surface area contributed by atoms with Gasteiger partial charge in [-0.2, -0.15) is 0 Å².